The van der Waals surface area contributed by atoms with Crippen LogP contribution in [0.3, 0.4) is 0 Å². The fourth-order valence-corrected chi connectivity index (χ4v) is 4.56. The van der Waals surface area contributed by atoms with Crippen molar-refractivity contribution in [3.63, 3.8) is 0 Å². The first kappa shape index (κ1) is 20.3. The summed E-state index contributed by atoms with van der Waals surface area (Å²) in [4.78, 5) is 29.6. The number of hydrogen-bond donors (Lipinski definition) is 0. The van der Waals surface area contributed by atoms with Crippen molar-refractivity contribution in [2.45, 2.75) is 31.7 Å². The molecule has 2 saturated heterocycles. The van der Waals surface area contributed by atoms with Crippen molar-refractivity contribution in [3.05, 3.63) is 47.9 Å². The molecule has 0 aliphatic carbocycles. The topological polar surface area (TPSA) is 72.2 Å². The fourth-order valence-electron chi connectivity index (χ4n) is 4.56. The van der Waals surface area contributed by atoms with E-state index in [0.717, 1.165) is 24.9 Å². The maximum atomic E-state index is 13.3. The number of furan rings is 1. The Morgan fingerprint density at radius 3 is 2.43 bits per heavy atom. The van der Waals surface area contributed by atoms with Gasteiger partial charge in [-0.2, -0.15) is 0 Å². The molecular formula is C23H28N2O5. The summed E-state index contributed by atoms with van der Waals surface area (Å²) < 4.78 is 16.0. The molecule has 4 rings (SSSR count). The van der Waals surface area contributed by atoms with Gasteiger partial charge >= 0.3 is 0 Å². The van der Waals surface area contributed by atoms with E-state index in [1.54, 1.807) is 31.3 Å². The van der Waals surface area contributed by atoms with Crippen LogP contribution in [-0.4, -0.2) is 55.5 Å². The number of piperidine rings is 1. The second-order valence-corrected chi connectivity index (χ2v) is 7.85. The smallest absolute Gasteiger partial charge is 0.289 e. The Kier molecular flexibility index (Phi) is 5.97. The second kappa shape index (κ2) is 8.81. The van der Waals surface area contributed by atoms with Gasteiger partial charge in [-0.15, -0.1) is 0 Å². The van der Waals surface area contributed by atoms with Crippen LogP contribution in [0, 0.1) is 5.92 Å². The molecule has 7 nitrogen and oxygen atoms in total. The Morgan fingerprint density at radius 2 is 1.77 bits per heavy atom. The number of carbonyl (C=O) groups is 2. The summed E-state index contributed by atoms with van der Waals surface area (Å²) in [5.41, 5.74) is 1.07. The van der Waals surface area contributed by atoms with E-state index in [2.05, 4.69) is 0 Å². The van der Waals surface area contributed by atoms with Gasteiger partial charge in [0.15, 0.2) is 17.3 Å². The molecule has 0 N–H and O–H groups in total. The summed E-state index contributed by atoms with van der Waals surface area (Å²) in [5, 5.41) is 0. The molecule has 2 aliphatic heterocycles. The highest BCUT2D eigenvalue weighted by atomic mass is 16.5. The molecule has 2 fully saturated rings. The number of nitrogens with zero attached hydrogens (tertiary/aromatic N) is 2. The zero-order valence-electron chi connectivity index (χ0n) is 17.5. The van der Waals surface area contributed by atoms with E-state index >= 15 is 0 Å². The van der Waals surface area contributed by atoms with Crippen molar-refractivity contribution in [2.24, 2.45) is 5.92 Å². The summed E-state index contributed by atoms with van der Waals surface area (Å²) in [6.45, 7) is 1.92. The van der Waals surface area contributed by atoms with Gasteiger partial charge in [0.2, 0.25) is 5.91 Å². The lowest BCUT2D eigenvalue weighted by atomic mass is 9.94. The first-order chi connectivity index (χ1) is 14.6. The zero-order chi connectivity index (χ0) is 21.1. The number of hydrogen-bond acceptors (Lipinski definition) is 5. The molecule has 2 aromatic rings. The number of benzene rings is 1. The third-order valence-corrected chi connectivity index (χ3v) is 6.19. The van der Waals surface area contributed by atoms with Crippen molar-refractivity contribution in [3.8, 4) is 11.5 Å². The van der Waals surface area contributed by atoms with Gasteiger partial charge in [0.1, 0.15) is 0 Å². The Hall–Kier alpha value is -2.96. The van der Waals surface area contributed by atoms with E-state index in [-0.39, 0.29) is 23.8 Å². The van der Waals surface area contributed by atoms with E-state index in [1.807, 2.05) is 23.1 Å². The minimum absolute atomic E-state index is 0.0496. The third kappa shape index (κ3) is 3.88. The second-order valence-electron chi connectivity index (χ2n) is 7.85. The van der Waals surface area contributed by atoms with Gasteiger partial charge in [-0.1, -0.05) is 6.07 Å². The summed E-state index contributed by atoms with van der Waals surface area (Å²) >= 11 is 0. The van der Waals surface area contributed by atoms with Crippen molar-refractivity contribution < 1.29 is 23.5 Å². The van der Waals surface area contributed by atoms with E-state index in [0.29, 0.717) is 43.2 Å². The molecule has 30 heavy (non-hydrogen) atoms. The minimum Gasteiger partial charge on any atom is -0.493 e. The van der Waals surface area contributed by atoms with Gasteiger partial charge in [0.05, 0.1) is 26.5 Å². The molecule has 2 amide bonds. The highest BCUT2D eigenvalue weighted by Crippen LogP contribution is 2.38. The molecule has 0 bridgehead atoms. The number of methoxy groups -OCH3 is 2. The molecular weight excluding hydrogens is 384 g/mol. The van der Waals surface area contributed by atoms with Crippen LogP contribution in [0.5, 0.6) is 11.5 Å². The molecule has 160 valence electrons. The van der Waals surface area contributed by atoms with Crippen molar-refractivity contribution in [1.29, 1.82) is 0 Å². The van der Waals surface area contributed by atoms with Crippen LogP contribution in [0.2, 0.25) is 0 Å². The van der Waals surface area contributed by atoms with Gasteiger partial charge < -0.3 is 23.7 Å². The summed E-state index contributed by atoms with van der Waals surface area (Å²) in [6.07, 6.45) is 4.80. The van der Waals surface area contributed by atoms with Crippen LogP contribution in [0.25, 0.3) is 0 Å². The number of likely N-dealkylation sites (tertiary alicyclic amines) is 2. The molecule has 0 spiro atoms. The van der Waals surface area contributed by atoms with Gasteiger partial charge in [-0.25, -0.2) is 0 Å². The third-order valence-electron chi connectivity index (χ3n) is 6.19. The van der Waals surface area contributed by atoms with Crippen LogP contribution in [0.15, 0.2) is 41.0 Å². The van der Waals surface area contributed by atoms with E-state index in [1.165, 1.54) is 6.26 Å². The highest BCUT2D eigenvalue weighted by molar-refractivity contribution is 5.91. The SMILES string of the molecule is COc1ccc(C2CCCN2C(=O)C2CCN(C(=O)c3ccco3)CC2)cc1OC. The molecule has 1 aromatic heterocycles. The van der Waals surface area contributed by atoms with Gasteiger partial charge in [0, 0.05) is 25.6 Å². The summed E-state index contributed by atoms with van der Waals surface area (Å²) in [6, 6.07) is 9.33. The molecule has 3 heterocycles. The van der Waals surface area contributed by atoms with E-state index in [9.17, 15) is 9.59 Å². The van der Waals surface area contributed by atoms with Crippen molar-refractivity contribution >= 4 is 11.8 Å². The van der Waals surface area contributed by atoms with Crippen LogP contribution < -0.4 is 9.47 Å². The average molecular weight is 412 g/mol. The largest absolute Gasteiger partial charge is 0.493 e. The Balaban J connectivity index is 1.41. The number of amides is 2. The van der Waals surface area contributed by atoms with E-state index < -0.39 is 0 Å². The Morgan fingerprint density at radius 1 is 1.00 bits per heavy atom. The predicted molar refractivity (Wildman–Crippen MR) is 111 cm³/mol. The molecule has 7 heteroatoms. The van der Waals surface area contributed by atoms with Crippen molar-refractivity contribution in [2.75, 3.05) is 33.9 Å². The number of carbonyl (C=O) groups excluding carboxylic acids is 2. The fraction of sp³-hybridized carbons (Fsp3) is 0.478. The van der Waals surface area contributed by atoms with E-state index in [4.69, 9.17) is 13.9 Å². The Labute approximate surface area is 176 Å². The summed E-state index contributed by atoms with van der Waals surface area (Å²) in [5.74, 6) is 1.76. The van der Waals surface area contributed by atoms with Crippen molar-refractivity contribution in [1.82, 2.24) is 9.80 Å². The van der Waals surface area contributed by atoms with Gasteiger partial charge in [-0.05, 0) is 55.5 Å². The average Bonchev–Trinajstić information content (AvgIpc) is 3.50. The minimum atomic E-state index is -0.102. The van der Waals surface area contributed by atoms with Crippen LogP contribution in [-0.2, 0) is 4.79 Å². The van der Waals surface area contributed by atoms with Crippen LogP contribution in [0.1, 0.15) is 47.8 Å². The number of ether oxygens (including phenoxy) is 2. The maximum Gasteiger partial charge on any atom is 0.289 e. The maximum absolute atomic E-state index is 13.3. The van der Waals surface area contributed by atoms with Gasteiger partial charge in [0.25, 0.3) is 5.91 Å². The molecule has 2 aliphatic rings. The zero-order valence-corrected chi connectivity index (χ0v) is 17.5. The summed E-state index contributed by atoms with van der Waals surface area (Å²) in [7, 11) is 3.24. The first-order valence-electron chi connectivity index (χ1n) is 10.5. The predicted octanol–water partition coefficient (Wildman–Crippen LogP) is 3.51. The normalized spacial score (nSPS) is 19.7. The number of rotatable bonds is 5. The highest BCUT2D eigenvalue weighted by Gasteiger charge is 2.36. The molecule has 1 aromatic carbocycles. The molecule has 0 saturated carbocycles. The van der Waals surface area contributed by atoms with Crippen LogP contribution >= 0.6 is 0 Å². The quantitative estimate of drug-likeness (QED) is 0.751. The first-order valence-corrected chi connectivity index (χ1v) is 10.5. The molecule has 1 unspecified atom stereocenters. The molecule has 0 radical (unpaired) electrons. The van der Waals surface area contributed by atoms with Crippen LogP contribution in [0.4, 0.5) is 0 Å². The lowest BCUT2D eigenvalue weighted by Crippen LogP contribution is -2.44. The monoisotopic (exact) mass is 412 g/mol. The standard InChI is InChI=1S/C23H28N2O5/c1-28-19-8-7-17(15-21(19)29-2)18-5-3-11-25(18)22(26)16-9-12-24(13-10-16)23(27)20-6-4-14-30-20/h4,6-8,14-16,18H,3,5,9-13H2,1-2H3. The van der Waals surface area contributed by atoms with Gasteiger partial charge in [-0.3, -0.25) is 9.59 Å². The lowest BCUT2D eigenvalue weighted by Gasteiger charge is -2.34. The lowest BCUT2D eigenvalue weighted by molar-refractivity contribution is -0.137. The Bertz CT molecular complexity index is 887. The molecule has 1 atom stereocenters.